The fourth-order valence-electron chi connectivity index (χ4n) is 2.62. The summed E-state index contributed by atoms with van der Waals surface area (Å²) in [5.74, 6) is 3.26. The lowest BCUT2D eigenvalue weighted by atomic mass is 10.3. The Kier molecular flexibility index (Phi) is 4.95. The van der Waals surface area contributed by atoms with Gasteiger partial charge >= 0.3 is 0 Å². The molecule has 0 amide bonds. The van der Waals surface area contributed by atoms with Crippen molar-refractivity contribution in [1.29, 1.82) is 0 Å². The van der Waals surface area contributed by atoms with Crippen LogP contribution in [-0.2, 0) is 0 Å². The second kappa shape index (κ2) is 7.50. The van der Waals surface area contributed by atoms with Gasteiger partial charge in [-0.3, -0.25) is 4.57 Å². The fraction of sp³-hybridized carbons (Fsp3) is 0.263. The number of hydrogen-bond donors (Lipinski definition) is 0. The Bertz CT molecular complexity index is 832. The third kappa shape index (κ3) is 3.99. The Hall–Kier alpha value is -1.98. The van der Waals surface area contributed by atoms with E-state index < -0.39 is 0 Å². The normalized spacial score (nSPS) is 13.8. The third-order valence-electron chi connectivity index (χ3n) is 4.01. The average Bonchev–Trinajstić information content (AvgIpc) is 3.41. The summed E-state index contributed by atoms with van der Waals surface area (Å²) in [6, 6.07) is 17.7. The molecule has 1 aliphatic carbocycles. The molecule has 1 heterocycles. The summed E-state index contributed by atoms with van der Waals surface area (Å²) in [4.78, 5) is 0. The van der Waals surface area contributed by atoms with E-state index >= 15 is 0 Å². The Labute approximate surface area is 156 Å². The molecule has 0 N–H and O–H groups in total. The molecule has 6 heteroatoms. The molecule has 3 aromatic rings. The number of para-hydroxylation sites is 1. The van der Waals surface area contributed by atoms with Gasteiger partial charge in [-0.1, -0.05) is 41.6 Å². The van der Waals surface area contributed by atoms with E-state index in [0.29, 0.717) is 17.5 Å². The first-order valence-electron chi connectivity index (χ1n) is 8.33. The van der Waals surface area contributed by atoms with Crippen molar-refractivity contribution in [1.82, 2.24) is 14.8 Å². The van der Waals surface area contributed by atoms with Gasteiger partial charge in [0.1, 0.15) is 11.6 Å². The summed E-state index contributed by atoms with van der Waals surface area (Å²) < 4.78 is 7.94. The van der Waals surface area contributed by atoms with Crippen molar-refractivity contribution in [3.8, 4) is 11.4 Å². The number of hydrogen-bond acceptors (Lipinski definition) is 4. The molecule has 1 saturated carbocycles. The van der Waals surface area contributed by atoms with E-state index in [-0.39, 0.29) is 0 Å². The molecule has 4 rings (SSSR count). The van der Waals surface area contributed by atoms with Crippen molar-refractivity contribution in [3.05, 3.63) is 65.4 Å². The largest absolute Gasteiger partial charge is 0.493 e. The average molecular weight is 372 g/mol. The predicted molar refractivity (Wildman–Crippen MR) is 101 cm³/mol. The molecule has 1 aliphatic rings. The molecule has 25 heavy (non-hydrogen) atoms. The first-order chi connectivity index (χ1) is 12.3. The SMILES string of the molecule is Clc1ccc(OCCSc2nnc(C3CC3)n2-c2ccccc2)cc1. The molecular weight excluding hydrogens is 354 g/mol. The smallest absolute Gasteiger partial charge is 0.195 e. The minimum atomic E-state index is 0.548. The van der Waals surface area contributed by atoms with Crippen molar-refractivity contribution in [3.63, 3.8) is 0 Å². The predicted octanol–water partition coefficient (Wildman–Crippen LogP) is 4.97. The van der Waals surface area contributed by atoms with Crippen LogP contribution >= 0.6 is 23.4 Å². The Morgan fingerprint density at radius 3 is 2.52 bits per heavy atom. The quantitative estimate of drug-likeness (QED) is 0.434. The van der Waals surface area contributed by atoms with Crippen LogP contribution in [-0.4, -0.2) is 27.1 Å². The van der Waals surface area contributed by atoms with Crippen LogP contribution in [0.5, 0.6) is 5.75 Å². The molecule has 0 atom stereocenters. The molecule has 2 aromatic carbocycles. The summed E-state index contributed by atoms with van der Waals surface area (Å²) in [6.45, 7) is 0.604. The van der Waals surface area contributed by atoms with Crippen molar-refractivity contribution >= 4 is 23.4 Å². The summed E-state index contributed by atoms with van der Waals surface area (Å²) >= 11 is 7.55. The first kappa shape index (κ1) is 16.5. The highest BCUT2D eigenvalue weighted by Gasteiger charge is 2.30. The molecule has 0 aliphatic heterocycles. The molecule has 1 aromatic heterocycles. The van der Waals surface area contributed by atoms with E-state index in [1.54, 1.807) is 11.8 Å². The highest BCUT2D eigenvalue weighted by Crippen LogP contribution is 2.41. The van der Waals surface area contributed by atoms with Gasteiger partial charge in [0.15, 0.2) is 5.16 Å². The van der Waals surface area contributed by atoms with E-state index in [2.05, 4.69) is 26.9 Å². The molecule has 0 radical (unpaired) electrons. The lowest BCUT2D eigenvalue weighted by molar-refractivity contribution is 0.344. The van der Waals surface area contributed by atoms with E-state index in [9.17, 15) is 0 Å². The zero-order valence-electron chi connectivity index (χ0n) is 13.6. The summed E-state index contributed by atoms with van der Waals surface area (Å²) in [5, 5.41) is 10.5. The van der Waals surface area contributed by atoms with Gasteiger partial charge < -0.3 is 4.74 Å². The lowest BCUT2D eigenvalue weighted by Gasteiger charge is -2.10. The lowest BCUT2D eigenvalue weighted by Crippen LogP contribution is -2.04. The van der Waals surface area contributed by atoms with Crippen LogP contribution in [0.1, 0.15) is 24.6 Å². The first-order valence-corrected chi connectivity index (χ1v) is 9.69. The van der Waals surface area contributed by atoms with Crippen molar-refractivity contribution < 1.29 is 4.74 Å². The summed E-state index contributed by atoms with van der Waals surface area (Å²) in [6.07, 6.45) is 2.41. The van der Waals surface area contributed by atoms with Crippen molar-refractivity contribution in [2.75, 3.05) is 12.4 Å². The van der Waals surface area contributed by atoms with Gasteiger partial charge in [0.05, 0.1) is 6.61 Å². The molecule has 1 fully saturated rings. The number of ether oxygens (including phenoxy) is 1. The second-order valence-electron chi connectivity index (χ2n) is 5.94. The number of halogens is 1. The van der Waals surface area contributed by atoms with Gasteiger partial charge in [-0.05, 0) is 49.2 Å². The Morgan fingerprint density at radius 1 is 1.04 bits per heavy atom. The molecule has 0 spiro atoms. The zero-order valence-corrected chi connectivity index (χ0v) is 15.2. The number of nitrogens with zero attached hydrogens (tertiary/aromatic N) is 3. The highest BCUT2D eigenvalue weighted by molar-refractivity contribution is 7.99. The van der Waals surface area contributed by atoms with Gasteiger partial charge in [0, 0.05) is 22.4 Å². The van der Waals surface area contributed by atoms with Crippen molar-refractivity contribution in [2.45, 2.75) is 23.9 Å². The van der Waals surface area contributed by atoms with Gasteiger partial charge in [0.25, 0.3) is 0 Å². The van der Waals surface area contributed by atoms with Crippen molar-refractivity contribution in [2.24, 2.45) is 0 Å². The molecule has 128 valence electrons. The number of aromatic nitrogens is 3. The fourth-order valence-corrected chi connectivity index (χ4v) is 3.53. The van der Waals surface area contributed by atoms with Gasteiger partial charge in [-0.15, -0.1) is 10.2 Å². The van der Waals surface area contributed by atoms with Crippen LogP contribution in [0.3, 0.4) is 0 Å². The minimum absolute atomic E-state index is 0.548. The van der Waals surface area contributed by atoms with Crippen LogP contribution in [0.25, 0.3) is 5.69 Å². The van der Waals surface area contributed by atoms with Crippen LogP contribution in [0.15, 0.2) is 59.8 Å². The van der Waals surface area contributed by atoms with Crippen LogP contribution in [0.4, 0.5) is 0 Å². The topological polar surface area (TPSA) is 39.9 Å². The summed E-state index contributed by atoms with van der Waals surface area (Å²) in [5.41, 5.74) is 1.12. The van der Waals surface area contributed by atoms with Crippen LogP contribution < -0.4 is 4.74 Å². The molecule has 0 unspecified atom stereocenters. The van der Waals surface area contributed by atoms with Gasteiger partial charge in [-0.25, -0.2) is 0 Å². The Morgan fingerprint density at radius 2 is 1.80 bits per heavy atom. The molecule has 0 bridgehead atoms. The second-order valence-corrected chi connectivity index (χ2v) is 7.44. The van der Waals surface area contributed by atoms with Crippen LogP contribution in [0.2, 0.25) is 5.02 Å². The number of rotatable bonds is 7. The number of thioether (sulfide) groups is 1. The number of benzene rings is 2. The van der Waals surface area contributed by atoms with E-state index in [1.165, 1.54) is 12.8 Å². The highest BCUT2D eigenvalue weighted by atomic mass is 35.5. The van der Waals surface area contributed by atoms with E-state index in [1.807, 2.05) is 42.5 Å². The van der Waals surface area contributed by atoms with Gasteiger partial charge in [0.2, 0.25) is 0 Å². The van der Waals surface area contributed by atoms with Crippen LogP contribution in [0, 0.1) is 0 Å². The van der Waals surface area contributed by atoms with E-state index in [4.69, 9.17) is 16.3 Å². The zero-order chi connectivity index (χ0) is 17.1. The maximum Gasteiger partial charge on any atom is 0.195 e. The minimum Gasteiger partial charge on any atom is -0.493 e. The standard InChI is InChI=1S/C19H18ClN3OS/c20-15-8-10-17(11-9-15)24-12-13-25-19-22-21-18(14-6-7-14)23(19)16-4-2-1-3-5-16/h1-5,8-11,14H,6-7,12-13H2. The van der Waals surface area contributed by atoms with E-state index in [0.717, 1.165) is 28.2 Å². The maximum absolute atomic E-state index is 5.88. The third-order valence-corrected chi connectivity index (χ3v) is 5.16. The molecular formula is C19H18ClN3OS. The molecule has 0 saturated heterocycles. The molecule has 4 nitrogen and oxygen atoms in total. The maximum atomic E-state index is 5.88. The Balaban J connectivity index is 1.43. The monoisotopic (exact) mass is 371 g/mol. The van der Waals surface area contributed by atoms with Gasteiger partial charge in [-0.2, -0.15) is 0 Å². The summed E-state index contributed by atoms with van der Waals surface area (Å²) in [7, 11) is 0.